The molecule has 340 valence electrons. The van der Waals surface area contributed by atoms with Crippen LogP contribution < -0.4 is 20.9 Å². The summed E-state index contributed by atoms with van der Waals surface area (Å²) in [7, 11) is 0. The number of anilines is 2. The van der Waals surface area contributed by atoms with Crippen LogP contribution in [0, 0.1) is 0 Å². The third kappa shape index (κ3) is 14.0. The minimum absolute atomic E-state index is 0.0376. The average molecular weight is 900 g/mol. The van der Waals surface area contributed by atoms with Crippen LogP contribution in [-0.4, -0.2) is 93.1 Å². The molecule has 1 aliphatic carbocycles. The van der Waals surface area contributed by atoms with E-state index in [2.05, 4.69) is 39.0 Å². The molecule has 2 aliphatic rings. The predicted molar refractivity (Wildman–Crippen MR) is 253 cm³/mol. The lowest BCUT2D eigenvalue weighted by Gasteiger charge is -2.29. The first-order chi connectivity index (χ1) is 31.8. The van der Waals surface area contributed by atoms with Crippen LogP contribution in [-0.2, 0) is 31.2 Å². The Morgan fingerprint density at radius 1 is 0.708 bits per heavy atom. The summed E-state index contributed by atoms with van der Waals surface area (Å²) in [5.41, 5.74) is 7.95. The molecule has 1 aliphatic heterocycles. The molecular formula is C51H57N5O8S. The van der Waals surface area contributed by atoms with Crippen molar-refractivity contribution in [1.29, 1.82) is 0 Å². The van der Waals surface area contributed by atoms with E-state index in [1.165, 1.54) is 17.5 Å². The average Bonchev–Trinajstić information content (AvgIpc) is 3.34. The van der Waals surface area contributed by atoms with Gasteiger partial charge in [0.25, 0.3) is 17.7 Å². The number of piperidine rings is 1. The highest BCUT2D eigenvalue weighted by atomic mass is 32.2. The molecule has 5 aromatic rings. The van der Waals surface area contributed by atoms with E-state index >= 15 is 0 Å². The molecule has 1 atom stereocenters. The second-order valence-electron chi connectivity index (χ2n) is 16.0. The molecule has 1 aromatic heterocycles. The summed E-state index contributed by atoms with van der Waals surface area (Å²) in [4.78, 5) is 59.1. The summed E-state index contributed by atoms with van der Waals surface area (Å²) in [6, 6.07) is 32.8. The van der Waals surface area contributed by atoms with E-state index in [1.807, 2.05) is 66.7 Å². The summed E-state index contributed by atoms with van der Waals surface area (Å²) in [6.07, 6.45) is 7.99. The highest BCUT2D eigenvalue weighted by Gasteiger charge is 2.23. The lowest BCUT2D eigenvalue weighted by atomic mass is 9.87. The second-order valence-corrected chi connectivity index (χ2v) is 17.1. The van der Waals surface area contributed by atoms with Crippen LogP contribution in [0.15, 0.2) is 114 Å². The number of benzene rings is 4. The Bertz CT molecular complexity index is 2410. The maximum Gasteiger partial charge on any atom is 0.305 e. The molecule has 65 heavy (non-hydrogen) atoms. The van der Waals surface area contributed by atoms with Gasteiger partial charge in [0.2, 0.25) is 0 Å². The molecule has 0 bridgehead atoms. The number of hydrogen-bond donors (Lipinski definition) is 4. The Balaban J connectivity index is 0.943. The van der Waals surface area contributed by atoms with Gasteiger partial charge in [-0.05, 0) is 116 Å². The van der Waals surface area contributed by atoms with Crippen molar-refractivity contribution in [3.63, 3.8) is 0 Å². The molecule has 0 radical (unpaired) electrons. The number of carbonyl (C=O) groups excluding carboxylic acids is 3. The standard InChI is InChI=1S/C51H57N5O8S/c57-48(58)20-25-62-27-29-64-30-28-63-26-22-53-49(59)39-13-7-14-42(32-39)65-35-36-9-6-12-38(31-36)50(60)55-46-18-17-41(56-23-4-1-5-24-56)34-44(46)47-33-40(19-21-52-47)51(61)54-45-16-8-11-37-10-2-3-15-43(37)45/h2-3,6-7,9-10,12-15,17-19,21,31-34,45H,1,4-5,8,11,16,20,22-30,35H2,(H,53,59)(H,54,61)(H,55,60)(H,57,58). The Labute approximate surface area is 384 Å². The number of aromatic nitrogens is 1. The predicted octanol–water partition coefficient (Wildman–Crippen LogP) is 8.35. The van der Waals surface area contributed by atoms with Gasteiger partial charge in [0.05, 0.1) is 63.5 Å². The maximum atomic E-state index is 14.0. The minimum Gasteiger partial charge on any atom is -0.481 e. The molecule has 13 nitrogen and oxygen atoms in total. The van der Waals surface area contributed by atoms with E-state index in [0.29, 0.717) is 73.4 Å². The van der Waals surface area contributed by atoms with Crippen LogP contribution in [0.3, 0.4) is 0 Å². The summed E-state index contributed by atoms with van der Waals surface area (Å²) in [5, 5.41) is 17.9. The van der Waals surface area contributed by atoms with Crippen molar-refractivity contribution in [2.75, 3.05) is 69.5 Å². The Morgan fingerprint density at radius 3 is 2.26 bits per heavy atom. The van der Waals surface area contributed by atoms with Gasteiger partial charge < -0.3 is 40.2 Å². The monoisotopic (exact) mass is 899 g/mol. The van der Waals surface area contributed by atoms with Crippen molar-refractivity contribution in [3.8, 4) is 11.3 Å². The molecule has 4 aromatic carbocycles. The summed E-state index contributed by atoms with van der Waals surface area (Å²) < 4.78 is 16.1. The molecular weight excluding hydrogens is 843 g/mol. The van der Waals surface area contributed by atoms with Crippen molar-refractivity contribution in [2.24, 2.45) is 0 Å². The Morgan fingerprint density at radius 2 is 1.45 bits per heavy atom. The van der Waals surface area contributed by atoms with E-state index in [0.717, 1.165) is 66.9 Å². The molecule has 0 saturated carbocycles. The number of carbonyl (C=O) groups is 4. The Kier molecular flexibility index (Phi) is 17.5. The molecule has 14 heteroatoms. The van der Waals surface area contributed by atoms with E-state index < -0.39 is 5.97 Å². The fraction of sp³-hybridized carbons (Fsp3) is 0.353. The van der Waals surface area contributed by atoms with Gasteiger partial charge >= 0.3 is 5.97 Å². The molecule has 2 heterocycles. The van der Waals surface area contributed by atoms with Crippen LogP contribution in [0.5, 0.6) is 0 Å². The number of aryl methyl sites for hydroxylation is 1. The zero-order chi connectivity index (χ0) is 45.2. The third-order valence-electron chi connectivity index (χ3n) is 11.4. The number of nitrogens with zero attached hydrogens (tertiary/aromatic N) is 2. The van der Waals surface area contributed by atoms with Gasteiger partial charge in [0, 0.05) is 64.4 Å². The van der Waals surface area contributed by atoms with Gasteiger partial charge in [-0.25, -0.2) is 0 Å². The van der Waals surface area contributed by atoms with E-state index in [4.69, 9.17) is 24.3 Å². The number of carboxylic acid groups (broad SMARTS) is 1. The second kappa shape index (κ2) is 24.3. The number of hydrogen-bond acceptors (Lipinski definition) is 10. The molecule has 3 amide bonds. The van der Waals surface area contributed by atoms with Crippen molar-refractivity contribution < 1.29 is 38.5 Å². The van der Waals surface area contributed by atoms with Gasteiger partial charge in [0.1, 0.15) is 0 Å². The largest absolute Gasteiger partial charge is 0.481 e. The number of amides is 3. The minimum atomic E-state index is -0.899. The lowest BCUT2D eigenvalue weighted by molar-refractivity contribution is -0.138. The number of fused-ring (bicyclic) bond motifs is 1. The van der Waals surface area contributed by atoms with Crippen LogP contribution in [0.1, 0.15) is 92.3 Å². The summed E-state index contributed by atoms with van der Waals surface area (Å²) in [5.74, 6) is -0.941. The molecule has 7 rings (SSSR count). The first-order valence-corrected chi connectivity index (χ1v) is 23.4. The molecule has 4 N–H and O–H groups in total. The Hall–Kier alpha value is -6.06. The molecule has 1 fully saturated rings. The normalized spacial score (nSPS) is 14.6. The van der Waals surface area contributed by atoms with Gasteiger partial charge in [-0.2, -0.15) is 0 Å². The topological polar surface area (TPSA) is 168 Å². The zero-order valence-electron chi connectivity index (χ0n) is 36.6. The van der Waals surface area contributed by atoms with Crippen molar-refractivity contribution >= 4 is 46.8 Å². The van der Waals surface area contributed by atoms with Crippen LogP contribution in [0.2, 0.25) is 0 Å². The van der Waals surface area contributed by atoms with Gasteiger partial charge in [0.15, 0.2) is 0 Å². The highest BCUT2D eigenvalue weighted by Crippen LogP contribution is 2.34. The van der Waals surface area contributed by atoms with Crippen LogP contribution in [0.25, 0.3) is 11.3 Å². The smallest absolute Gasteiger partial charge is 0.305 e. The number of ether oxygens (including phenoxy) is 3. The van der Waals surface area contributed by atoms with Crippen molar-refractivity contribution in [3.05, 3.63) is 143 Å². The number of nitrogens with one attached hydrogen (secondary N) is 3. The fourth-order valence-corrected chi connectivity index (χ4v) is 8.90. The van der Waals surface area contributed by atoms with Gasteiger partial charge in [-0.1, -0.05) is 42.5 Å². The number of aliphatic carboxylic acids is 1. The first-order valence-electron chi connectivity index (χ1n) is 22.4. The number of pyridine rings is 1. The molecule has 1 unspecified atom stereocenters. The van der Waals surface area contributed by atoms with Crippen molar-refractivity contribution in [1.82, 2.24) is 15.6 Å². The van der Waals surface area contributed by atoms with E-state index in [-0.39, 0.29) is 36.8 Å². The van der Waals surface area contributed by atoms with E-state index in [1.54, 1.807) is 36.2 Å². The number of thioether (sulfide) groups is 1. The first kappa shape index (κ1) is 46.9. The van der Waals surface area contributed by atoms with E-state index in [9.17, 15) is 19.2 Å². The van der Waals surface area contributed by atoms with Gasteiger partial charge in [-0.3, -0.25) is 24.2 Å². The van der Waals surface area contributed by atoms with Crippen LogP contribution >= 0.6 is 11.8 Å². The molecule has 0 spiro atoms. The zero-order valence-corrected chi connectivity index (χ0v) is 37.4. The fourth-order valence-electron chi connectivity index (χ4n) is 8.00. The lowest BCUT2D eigenvalue weighted by Crippen LogP contribution is -2.31. The van der Waals surface area contributed by atoms with Gasteiger partial charge in [-0.15, -0.1) is 11.8 Å². The SMILES string of the molecule is O=C(O)CCOCCOCCOCCNC(=O)c1cccc(SCc2cccc(C(=O)Nc3ccc(N4CCCCC4)cc3-c3cc(C(=O)NC4CCCc5ccccc54)ccn3)c2)c1. The molecule has 1 saturated heterocycles. The maximum absolute atomic E-state index is 14.0. The number of rotatable bonds is 22. The highest BCUT2D eigenvalue weighted by molar-refractivity contribution is 7.98. The quantitative estimate of drug-likeness (QED) is 0.0389. The van der Waals surface area contributed by atoms with Crippen molar-refractivity contribution in [2.45, 2.75) is 61.6 Å². The summed E-state index contributed by atoms with van der Waals surface area (Å²) >= 11 is 1.57. The van der Waals surface area contributed by atoms with Crippen LogP contribution in [0.4, 0.5) is 11.4 Å². The number of carboxylic acids is 1. The third-order valence-corrected chi connectivity index (χ3v) is 12.4. The summed E-state index contributed by atoms with van der Waals surface area (Å²) in [6.45, 7) is 4.11.